The fraction of sp³-hybridized carbons (Fsp3) is 0.880. The lowest BCUT2D eigenvalue weighted by molar-refractivity contribution is -0.696. The number of ether oxygens (including phenoxy) is 2. The molecule has 0 N–H and O–H groups in total. The molecule has 188 valence electrons. The fourth-order valence-electron chi connectivity index (χ4n) is 3.83. The van der Waals surface area contributed by atoms with Crippen molar-refractivity contribution in [3.05, 3.63) is 0 Å². The molecule has 0 saturated heterocycles. The van der Waals surface area contributed by atoms with Crippen molar-refractivity contribution in [1.29, 1.82) is 0 Å². The van der Waals surface area contributed by atoms with Gasteiger partial charge >= 0.3 is 11.9 Å². The van der Waals surface area contributed by atoms with Crippen molar-refractivity contribution in [2.75, 3.05) is 26.3 Å². The van der Waals surface area contributed by atoms with E-state index in [1.165, 1.54) is 51.4 Å². The van der Waals surface area contributed by atoms with E-state index in [0.717, 1.165) is 38.8 Å². The highest BCUT2D eigenvalue weighted by atomic mass is 32.1. The number of hydrogen-bond acceptors (Lipinski definition) is 6. The van der Waals surface area contributed by atoms with Crippen molar-refractivity contribution in [3.8, 4) is 0 Å². The van der Waals surface area contributed by atoms with Gasteiger partial charge in [-0.2, -0.15) is 0 Å². The first kappa shape index (κ1) is 31.3. The third kappa shape index (κ3) is 13.8. The summed E-state index contributed by atoms with van der Waals surface area (Å²) >= 11 is 10.8. The van der Waals surface area contributed by atoms with Crippen molar-refractivity contribution in [1.82, 2.24) is 0 Å². The Kier molecular flexibility index (Phi) is 19.4. The van der Waals surface area contributed by atoms with Crippen LogP contribution in [0.25, 0.3) is 0 Å². The molecule has 32 heavy (non-hydrogen) atoms. The van der Waals surface area contributed by atoms with Crippen LogP contribution < -0.4 is 0 Å². The number of rotatable bonds is 20. The van der Waals surface area contributed by atoms with Gasteiger partial charge < -0.3 is 9.47 Å². The van der Waals surface area contributed by atoms with Gasteiger partial charge in [0, 0.05) is 0 Å². The van der Waals surface area contributed by atoms with E-state index in [0.29, 0.717) is 4.99 Å². The molecule has 0 aliphatic rings. The van der Waals surface area contributed by atoms with Crippen LogP contribution in [0, 0.1) is 5.92 Å². The molecule has 7 heteroatoms. The summed E-state index contributed by atoms with van der Waals surface area (Å²) in [6.07, 6.45) is 14.1. The molecule has 1 unspecified atom stereocenters. The molecular formula is C25H48NO4S2+. The number of nitrogens with zero attached hydrogens (tertiary/aromatic N) is 1. The number of thiocarbonyl (C=S) groups is 1. The maximum atomic E-state index is 12.7. The van der Waals surface area contributed by atoms with Gasteiger partial charge in [0.1, 0.15) is 0 Å². The lowest BCUT2D eigenvalue weighted by atomic mass is 10.0. The predicted octanol–water partition coefficient (Wildman–Crippen LogP) is 6.83. The molecule has 0 aliphatic heterocycles. The molecule has 0 fully saturated rings. The standard InChI is InChI=1S/C25H48NO4S2/c1-5-9-11-13-15-17-19-26(32,20-18-16-14-12-10-6-2)24(31)22(25(28)30-8-4)21-23(27)29-7-3/h22,32H,5-21H2,1-4H3/q+1. The molecule has 0 rings (SSSR count). The van der Waals surface area contributed by atoms with E-state index in [9.17, 15) is 9.59 Å². The highest BCUT2D eigenvalue weighted by Gasteiger charge is 2.41. The maximum absolute atomic E-state index is 12.7. The molecule has 0 aliphatic carbocycles. The van der Waals surface area contributed by atoms with Gasteiger partial charge in [-0.05, 0) is 51.7 Å². The molecule has 0 aromatic rings. The van der Waals surface area contributed by atoms with E-state index in [2.05, 4.69) is 13.8 Å². The van der Waals surface area contributed by atoms with Crippen LogP contribution in [0.4, 0.5) is 0 Å². The Morgan fingerprint density at radius 2 is 1.19 bits per heavy atom. The lowest BCUT2D eigenvalue weighted by Crippen LogP contribution is -2.50. The summed E-state index contributed by atoms with van der Waals surface area (Å²) in [4.78, 5) is 25.4. The highest BCUT2D eigenvalue weighted by molar-refractivity contribution is 7.82. The van der Waals surface area contributed by atoms with Crippen LogP contribution in [0.5, 0.6) is 0 Å². The number of esters is 2. The van der Waals surface area contributed by atoms with Crippen molar-refractivity contribution in [2.45, 2.75) is 111 Å². The molecule has 0 amide bonds. The molecule has 0 aromatic carbocycles. The fourth-order valence-corrected chi connectivity index (χ4v) is 4.61. The molecular weight excluding hydrogens is 442 g/mol. The van der Waals surface area contributed by atoms with Crippen LogP contribution >= 0.6 is 25.0 Å². The molecule has 0 bridgehead atoms. The van der Waals surface area contributed by atoms with Gasteiger partial charge in [0.15, 0.2) is 5.92 Å². The van der Waals surface area contributed by atoms with Crippen LogP contribution in [-0.2, 0) is 19.1 Å². The second-order valence-electron chi connectivity index (χ2n) is 8.56. The third-order valence-corrected chi connectivity index (χ3v) is 7.10. The zero-order chi connectivity index (χ0) is 24.2. The van der Waals surface area contributed by atoms with Crippen molar-refractivity contribution >= 4 is 42.0 Å². The summed E-state index contributed by atoms with van der Waals surface area (Å²) in [5.41, 5.74) is 0. The van der Waals surface area contributed by atoms with Gasteiger partial charge in [-0.1, -0.05) is 65.2 Å². The number of carbonyl (C=O) groups is 2. The van der Waals surface area contributed by atoms with Gasteiger partial charge in [0.25, 0.3) is 0 Å². The van der Waals surface area contributed by atoms with E-state index in [1.54, 1.807) is 13.8 Å². The highest BCUT2D eigenvalue weighted by Crippen LogP contribution is 2.26. The van der Waals surface area contributed by atoms with Crippen LogP contribution in [0.1, 0.15) is 111 Å². The topological polar surface area (TPSA) is 52.6 Å². The number of carbonyl (C=O) groups excluding carboxylic acids is 2. The Balaban J connectivity index is 5.25. The molecule has 0 heterocycles. The summed E-state index contributed by atoms with van der Waals surface area (Å²) in [6, 6.07) is 0. The van der Waals surface area contributed by atoms with Crippen LogP contribution in [0.15, 0.2) is 0 Å². The summed E-state index contributed by atoms with van der Waals surface area (Å²) < 4.78 is 10.6. The average molecular weight is 491 g/mol. The minimum Gasteiger partial charge on any atom is -0.466 e. The molecule has 5 nitrogen and oxygen atoms in total. The lowest BCUT2D eigenvalue weighted by Gasteiger charge is -2.34. The van der Waals surface area contributed by atoms with E-state index in [-0.39, 0.29) is 23.5 Å². The molecule has 0 spiro atoms. The number of thiol groups is 1. The average Bonchev–Trinajstić information content (AvgIpc) is 2.76. The number of quaternary nitrogens is 1. The summed E-state index contributed by atoms with van der Waals surface area (Å²) in [7, 11) is 0. The molecule has 0 saturated carbocycles. The van der Waals surface area contributed by atoms with Crippen molar-refractivity contribution < 1.29 is 23.0 Å². The maximum Gasteiger partial charge on any atom is 0.320 e. The molecule has 1 atom stereocenters. The Bertz CT molecular complexity index is 512. The van der Waals surface area contributed by atoms with Crippen LogP contribution in [0.3, 0.4) is 0 Å². The Labute approximate surface area is 208 Å². The van der Waals surface area contributed by atoms with Gasteiger partial charge in [-0.3, -0.25) is 9.59 Å². The quantitative estimate of drug-likeness (QED) is 0.0666. The first-order chi connectivity index (χ1) is 15.4. The number of hydrogen-bond donors (Lipinski definition) is 1. The minimum absolute atomic E-state index is 0.0843. The SMILES string of the molecule is CCCCCCCC[N+](S)(CCCCCCCC)C(=S)C(CC(=O)OCC)C(=O)OCC. The van der Waals surface area contributed by atoms with Crippen molar-refractivity contribution in [3.63, 3.8) is 0 Å². The largest absolute Gasteiger partial charge is 0.466 e. The minimum atomic E-state index is -0.804. The predicted molar refractivity (Wildman–Crippen MR) is 140 cm³/mol. The van der Waals surface area contributed by atoms with E-state index in [4.69, 9.17) is 34.5 Å². The Morgan fingerprint density at radius 3 is 1.62 bits per heavy atom. The monoisotopic (exact) mass is 490 g/mol. The van der Waals surface area contributed by atoms with Crippen LogP contribution in [-0.4, -0.2) is 47.1 Å². The zero-order valence-corrected chi connectivity index (χ0v) is 22.7. The van der Waals surface area contributed by atoms with Crippen molar-refractivity contribution in [2.24, 2.45) is 5.92 Å². The molecule has 0 aromatic heterocycles. The first-order valence-corrected chi connectivity index (χ1v) is 13.6. The smallest absolute Gasteiger partial charge is 0.320 e. The van der Waals surface area contributed by atoms with E-state index in [1.807, 2.05) is 0 Å². The van der Waals surface area contributed by atoms with Gasteiger partial charge in [0.05, 0.1) is 45.5 Å². The third-order valence-electron chi connectivity index (χ3n) is 5.72. The van der Waals surface area contributed by atoms with Gasteiger partial charge in [-0.25, -0.2) is 3.89 Å². The van der Waals surface area contributed by atoms with Gasteiger partial charge in [0.2, 0.25) is 4.99 Å². The normalized spacial score (nSPS) is 12.4. The van der Waals surface area contributed by atoms with E-state index < -0.39 is 17.9 Å². The Morgan fingerprint density at radius 1 is 0.750 bits per heavy atom. The summed E-state index contributed by atoms with van der Waals surface area (Å²) in [5, 5.41) is 0. The number of unbranched alkanes of at least 4 members (excludes halogenated alkanes) is 10. The van der Waals surface area contributed by atoms with Gasteiger partial charge in [-0.15, -0.1) is 0 Å². The Hall–Kier alpha value is -0.660. The van der Waals surface area contributed by atoms with E-state index >= 15 is 0 Å². The van der Waals surface area contributed by atoms with Crippen LogP contribution in [0.2, 0.25) is 0 Å². The molecule has 0 radical (unpaired) electrons. The second kappa shape index (κ2) is 19.8. The second-order valence-corrected chi connectivity index (χ2v) is 9.74. The summed E-state index contributed by atoms with van der Waals surface area (Å²) in [6.45, 7) is 10.0. The summed E-state index contributed by atoms with van der Waals surface area (Å²) in [5.74, 6) is -1.68. The zero-order valence-electron chi connectivity index (χ0n) is 21.0. The first-order valence-electron chi connectivity index (χ1n) is 12.8.